The van der Waals surface area contributed by atoms with Crippen LogP contribution in [-0.2, 0) is 20.0 Å². The molecule has 0 bridgehead atoms. The standard InChI is InChI=1S/C20H19N9/c1-28-6-5-17(26-28)15-4-2-3-13(7-15)11-29-12-14(10-22-29)8-16-9-18(21)23-20-19(16)24-27-25-20/h2-7,9-10,12H,8,11H2,1H3,(H3,21,23,24,25,27). The summed E-state index contributed by atoms with van der Waals surface area (Å²) in [5.41, 5.74) is 12.4. The van der Waals surface area contributed by atoms with Crippen LogP contribution in [0.1, 0.15) is 16.7 Å². The minimum Gasteiger partial charge on any atom is -0.384 e. The first-order valence-electron chi connectivity index (χ1n) is 9.20. The molecule has 0 atom stereocenters. The summed E-state index contributed by atoms with van der Waals surface area (Å²) in [6, 6.07) is 12.2. The number of pyridine rings is 1. The number of nitrogen functional groups attached to an aromatic ring is 1. The third-order valence-electron chi connectivity index (χ3n) is 4.75. The van der Waals surface area contributed by atoms with Crippen molar-refractivity contribution in [1.82, 2.24) is 40.0 Å². The van der Waals surface area contributed by atoms with Crippen molar-refractivity contribution >= 4 is 17.0 Å². The van der Waals surface area contributed by atoms with Crippen molar-refractivity contribution in [3.8, 4) is 11.3 Å². The highest BCUT2D eigenvalue weighted by molar-refractivity contribution is 5.76. The lowest BCUT2D eigenvalue weighted by molar-refractivity contribution is 0.686. The average Bonchev–Trinajstić information content (AvgIpc) is 3.43. The number of anilines is 1. The number of aromatic amines is 1. The van der Waals surface area contributed by atoms with E-state index in [1.165, 1.54) is 0 Å². The predicted octanol–water partition coefficient (Wildman–Crippen LogP) is 2.17. The molecule has 1 aromatic carbocycles. The Balaban J connectivity index is 1.36. The van der Waals surface area contributed by atoms with E-state index in [1.54, 1.807) is 4.68 Å². The van der Waals surface area contributed by atoms with Gasteiger partial charge in [-0.25, -0.2) is 4.98 Å². The van der Waals surface area contributed by atoms with Gasteiger partial charge in [0.05, 0.1) is 18.4 Å². The number of benzene rings is 1. The summed E-state index contributed by atoms with van der Waals surface area (Å²) in [6.07, 6.45) is 6.50. The Morgan fingerprint density at radius 1 is 1.10 bits per heavy atom. The number of fused-ring (bicyclic) bond motifs is 1. The van der Waals surface area contributed by atoms with Crippen LogP contribution >= 0.6 is 0 Å². The van der Waals surface area contributed by atoms with Gasteiger partial charge in [0, 0.05) is 31.4 Å². The lowest BCUT2D eigenvalue weighted by atomic mass is 10.1. The predicted molar refractivity (Wildman–Crippen MR) is 109 cm³/mol. The van der Waals surface area contributed by atoms with Crippen molar-refractivity contribution in [1.29, 1.82) is 0 Å². The SMILES string of the molecule is Cn1ccc(-c2cccc(Cn3cc(Cc4cc(N)nc5n[nH]nc45)cn3)c2)n1. The van der Waals surface area contributed by atoms with E-state index < -0.39 is 0 Å². The van der Waals surface area contributed by atoms with Crippen LogP contribution in [0, 0.1) is 0 Å². The number of H-pyrrole nitrogens is 1. The Morgan fingerprint density at radius 3 is 2.90 bits per heavy atom. The minimum atomic E-state index is 0.431. The number of aryl methyl sites for hydroxylation is 1. The van der Waals surface area contributed by atoms with E-state index in [9.17, 15) is 0 Å². The Morgan fingerprint density at radius 2 is 2.03 bits per heavy atom. The molecule has 4 aromatic heterocycles. The lowest BCUT2D eigenvalue weighted by Gasteiger charge is -2.04. The number of rotatable bonds is 5. The highest BCUT2D eigenvalue weighted by Crippen LogP contribution is 2.20. The van der Waals surface area contributed by atoms with Gasteiger partial charge >= 0.3 is 0 Å². The number of aromatic nitrogens is 8. The van der Waals surface area contributed by atoms with Crippen LogP contribution in [0.2, 0.25) is 0 Å². The van der Waals surface area contributed by atoms with E-state index in [0.717, 1.165) is 33.5 Å². The second kappa shape index (κ2) is 6.86. The zero-order chi connectivity index (χ0) is 19.8. The van der Waals surface area contributed by atoms with Crippen molar-refractivity contribution in [2.75, 3.05) is 5.73 Å². The number of nitrogens with zero attached hydrogens (tertiary/aromatic N) is 7. The normalized spacial score (nSPS) is 11.3. The molecule has 144 valence electrons. The molecule has 5 aromatic rings. The molecule has 0 unspecified atom stereocenters. The first kappa shape index (κ1) is 17.1. The minimum absolute atomic E-state index is 0.431. The fraction of sp³-hybridized carbons (Fsp3) is 0.150. The van der Waals surface area contributed by atoms with Crippen LogP contribution in [0.5, 0.6) is 0 Å². The molecular weight excluding hydrogens is 366 g/mol. The van der Waals surface area contributed by atoms with E-state index in [4.69, 9.17) is 5.73 Å². The van der Waals surface area contributed by atoms with E-state index in [1.807, 2.05) is 48.5 Å². The molecule has 0 fully saturated rings. The van der Waals surface area contributed by atoms with E-state index in [0.29, 0.717) is 24.4 Å². The van der Waals surface area contributed by atoms with Gasteiger partial charge < -0.3 is 5.73 Å². The topological polar surface area (TPSA) is 116 Å². The maximum Gasteiger partial charge on any atom is 0.203 e. The van der Waals surface area contributed by atoms with Crippen molar-refractivity contribution in [3.05, 3.63) is 71.7 Å². The van der Waals surface area contributed by atoms with Crippen molar-refractivity contribution in [3.63, 3.8) is 0 Å². The molecule has 9 nitrogen and oxygen atoms in total. The first-order chi connectivity index (χ1) is 14.1. The zero-order valence-corrected chi connectivity index (χ0v) is 15.8. The maximum absolute atomic E-state index is 5.89. The monoisotopic (exact) mass is 385 g/mol. The van der Waals surface area contributed by atoms with Crippen molar-refractivity contribution in [2.24, 2.45) is 7.05 Å². The molecule has 0 saturated carbocycles. The lowest BCUT2D eigenvalue weighted by Crippen LogP contribution is -2.00. The Hall–Kier alpha value is -4.01. The molecule has 9 heteroatoms. The Labute approximate surface area is 166 Å². The number of nitrogens with one attached hydrogen (secondary N) is 1. The van der Waals surface area contributed by atoms with Crippen LogP contribution in [0.25, 0.3) is 22.4 Å². The Kier molecular flexibility index (Phi) is 4.05. The van der Waals surface area contributed by atoms with E-state index in [-0.39, 0.29) is 0 Å². The smallest absolute Gasteiger partial charge is 0.203 e. The number of hydrogen-bond acceptors (Lipinski definition) is 6. The second-order valence-corrected chi connectivity index (χ2v) is 7.00. The fourth-order valence-electron chi connectivity index (χ4n) is 3.44. The highest BCUT2D eigenvalue weighted by Gasteiger charge is 2.11. The van der Waals surface area contributed by atoms with Gasteiger partial charge in [-0.05, 0) is 34.9 Å². The molecule has 0 amide bonds. The first-order valence-corrected chi connectivity index (χ1v) is 9.20. The summed E-state index contributed by atoms with van der Waals surface area (Å²) < 4.78 is 3.73. The molecule has 0 aliphatic rings. The van der Waals surface area contributed by atoms with Gasteiger partial charge in [-0.15, -0.1) is 5.10 Å². The molecule has 29 heavy (non-hydrogen) atoms. The zero-order valence-electron chi connectivity index (χ0n) is 15.8. The van der Waals surface area contributed by atoms with Crippen molar-refractivity contribution in [2.45, 2.75) is 13.0 Å². The molecule has 0 aliphatic carbocycles. The van der Waals surface area contributed by atoms with Crippen LogP contribution in [0.3, 0.4) is 0 Å². The molecule has 4 heterocycles. The molecule has 3 N–H and O–H groups in total. The van der Waals surface area contributed by atoms with Gasteiger partial charge in [-0.2, -0.15) is 20.5 Å². The van der Waals surface area contributed by atoms with Gasteiger partial charge in [0.2, 0.25) is 5.65 Å². The van der Waals surface area contributed by atoms with Crippen LogP contribution in [0.15, 0.2) is 55.0 Å². The van der Waals surface area contributed by atoms with E-state index in [2.05, 4.69) is 48.8 Å². The third-order valence-corrected chi connectivity index (χ3v) is 4.75. The molecule has 0 saturated heterocycles. The molecule has 0 spiro atoms. The highest BCUT2D eigenvalue weighted by atomic mass is 15.3. The molecule has 0 aliphatic heterocycles. The van der Waals surface area contributed by atoms with Crippen LogP contribution in [-0.4, -0.2) is 40.0 Å². The molecule has 5 rings (SSSR count). The van der Waals surface area contributed by atoms with Crippen molar-refractivity contribution < 1.29 is 0 Å². The van der Waals surface area contributed by atoms with Crippen LogP contribution < -0.4 is 5.73 Å². The van der Waals surface area contributed by atoms with Gasteiger partial charge in [0.1, 0.15) is 11.3 Å². The van der Waals surface area contributed by atoms with Gasteiger partial charge in [-0.1, -0.05) is 18.2 Å². The summed E-state index contributed by atoms with van der Waals surface area (Å²) in [6.45, 7) is 0.679. The van der Waals surface area contributed by atoms with Gasteiger partial charge in [0.15, 0.2) is 0 Å². The summed E-state index contributed by atoms with van der Waals surface area (Å²) in [7, 11) is 1.92. The summed E-state index contributed by atoms with van der Waals surface area (Å²) in [5, 5.41) is 19.8. The summed E-state index contributed by atoms with van der Waals surface area (Å²) in [4.78, 5) is 4.18. The third kappa shape index (κ3) is 3.45. The van der Waals surface area contributed by atoms with Crippen LogP contribution in [0.4, 0.5) is 5.82 Å². The number of hydrogen-bond donors (Lipinski definition) is 2. The molecular formula is C20H19N9. The van der Waals surface area contributed by atoms with E-state index >= 15 is 0 Å². The summed E-state index contributed by atoms with van der Waals surface area (Å²) >= 11 is 0. The van der Waals surface area contributed by atoms with Gasteiger partial charge in [0.25, 0.3) is 0 Å². The Bertz CT molecular complexity index is 1290. The maximum atomic E-state index is 5.89. The second-order valence-electron chi connectivity index (χ2n) is 7.00. The quantitative estimate of drug-likeness (QED) is 0.479. The average molecular weight is 385 g/mol. The van der Waals surface area contributed by atoms with Gasteiger partial charge in [-0.3, -0.25) is 9.36 Å². The molecule has 0 radical (unpaired) electrons. The number of nitrogens with two attached hydrogens (primary N) is 1. The fourth-order valence-corrected chi connectivity index (χ4v) is 3.44. The summed E-state index contributed by atoms with van der Waals surface area (Å²) in [5.74, 6) is 0.431. The largest absolute Gasteiger partial charge is 0.384 e.